The van der Waals surface area contributed by atoms with Gasteiger partial charge in [0.1, 0.15) is 5.69 Å². The molecule has 4 N–H and O–H groups in total. The van der Waals surface area contributed by atoms with Crippen LogP contribution < -0.4 is 5.73 Å². The molecule has 1 heterocycles. The molecule has 1 aromatic rings. The van der Waals surface area contributed by atoms with Crippen molar-refractivity contribution in [1.29, 1.82) is 0 Å². The minimum absolute atomic E-state index is 0.345. The van der Waals surface area contributed by atoms with Crippen LogP contribution in [0.1, 0.15) is 11.3 Å². The van der Waals surface area contributed by atoms with Crippen molar-refractivity contribution < 1.29 is 23.6 Å². The first-order chi connectivity index (χ1) is 8.31. The fourth-order valence-electron chi connectivity index (χ4n) is 1.03. The van der Waals surface area contributed by atoms with Crippen LogP contribution in [0.4, 0.5) is 13.2 Å². The van der Waals surface area contributed by atoms with Gasteiger partial charge in [0.05, 0.1) is 10.6 Å². The monoisotopic (exact) mass is 282 g/mol. The highest BCUT2D eigenvalue weighted by Crippen LogP contribution is 2.31. The smallest absolute Gasteiger partial charge is 0.410 e. The van der Waals surface area contributed by atoms with Crippen LogP contribution >= 0.6 is 11.6 Å². The lowest BCUT2D eigenvalue weighted by atomic mass is 10.2. The van der Waals surface area contributed by atoms with E-state index in [1.807, 2.05) is 0 Å². The lowest BCUT2D eigenvalue weighted by Crippen LogP contribution is -2.26. The summed E-state index contributed by atoms with van der Waals surface area (Å²) >= 11 is 5.56. The molecule has 0 aliphatic carbocycles. The van der Waals surface area contributed by atoms with Gasteiger partial charge in [-0.05, 0) is 6.07 Å². The maximum absolute atomic E-state index is 12.3. The molecule has 6 nitrogen and oxygen atoms in total. The van der Waals surface area contributed by atoms with E-state index in [1.165, 1.54) is 0 Å². The second-order valence-electron chi connectivity index (χ2n) is 2.99. The van der Waals surface area contributed by atoms with Crippen LogP contribution in [0.5, 0.6) is 0 Å². The van der Waals surface area contributed by atoms with Gasteiger partial charge in [0.2, 0.25) is 0 Å². The number of aromatic nitrogens is 1. The van der Waals surface area contributed by atoms with Crippen LogP contribution in [-0.4, -0.2) is 26.9 Å². The van der Waals surface area contributed by atoms with Crippen molar-refractivity contribution >= 4 is 23.1 Å². The van der Waals surface area contributed by atoms with E-state index in [4.69, 9.17) is 27.7 Å². The van der Waals surface area contributed by atoms with Crippen molar-refractivity contribution in [1.82, 2.24) is 4.98 Å². The summed E-state index contributed by atoms with van der Waals surface area (Å²) < 4.78 is 37.0. The molecule has 0 aliphatic rings. The van der Waals surface area contributed by atoms with Gasteiger partial charge in [0.15, 0.2) is 11.5 Å². The van der Waals surface area contributed by atoms with E-state index in [2.05, 4.69) is 15.3 Å². The number of rotatable bonds is 2. The van der Waals surface area contributed by atoms with Crippen molar-refractivity contribution in [2.45, 2.75) is 6.18 Å². The molecular weight excluding hydrogens is 277 g/mol. The highest BCUT2D eigenvalue weighted by molar-refractivity contribution is 6.49. The molecule has 0 fully saturated rings. The Hall–Kier alpha value is -2.03. The fourth-order valence-corrected chi connectivity index (χ4v) is 1.29. The predicted molar refractivity (Wildman–Crippen MR) is 56.0 cm³/mol. The van der Waals surface area contributed by atoms with E-state index in [1.54, 1.807) is 0 Å². The van der Waals surface area contributed by atoms with Crippen molar-refractivity contribution in [3.8, 4) is 0 Å². The van der Waals surface area contributed by atoms with Crippen molar-refractivity contribution in [2.24, 2.45) is 16.0 Å². The quantitative estimate of drug-likeness (QED) is 0.332. The van der Waals surface area contributed by atoms with E-state index in [0.717, 1.165) is 0 Å². The number of amidine groups is 1. The molecule has 0 atom stereocenters. The number of nitrogens with zero attached hydrogens (tertiary/aromatic N) is 3. The van der Waals surface area contributed by atoms with Gasteiger partial charge >= 0.3 is 6.18 Å². The number of oxime groups is 2. The predicted octanol–water partition coefficient (Wildman–Crippen LogP) is 1.68. The molecule has 0 saturated carbocycles. The highest BCUT2D eigenvalue weighted by atomic mass is 35.5. The van der Waals surface area contributed by atoms with E-state index < -0.39 is 28.3 Å². The zero-order valence-corrected chi connectivity index (χ0v) is 9.24. The lowest BCUT2D eigenvalue weighted by Gasteiger charge is -2.09. The average molecular weight is 283 g/mol. The second-order valence-corrected chi connectivity index (χ2v) is 3.39. The topological polar surface area (TPSA) is 104 Å². The summed E-state index contributed by atoms with van der Waals surface area (Å²) in [5.74, 6) is -0.647. The Labute approximate surface area is 103 Å². The van der Waals surface area contributed by atoms with Gasteiger partial charge in [-0.2, -0.15) is 13.2 Å². The molecule has 1 aromatic heterocycles. The number of alkyl halides is 3. The van der Waals surface area contributed by atoms with Crippen molar-refractivity contribution in [2.75, 3.05) is 0 Å². The Morgan fingerprint density at radius 3 is 2.33 bits per heavy atom. The normalized spacial score (nSPS) is 13.8. The first-order valence-corrected chi connectivity index (χ1v) is 4.62. The van der Waals surface area contributed by atoms with Crippen LogP contribution in [0.3, 0.4) is 0 Å². The zero-order chi connectivity index (χ0) is 13.9. The van der Waals surface area contributed by atoms with Gasteiger partial charge in [-0.25, -0.2) is 0 Å². The molecule has 0 spiro atoms. The Morgan fingerprint density at radius 2 is 1.94 bits per heavy atom. The Balaban J connectivity index is 3.30. The van der Waals surface area contributed by atoms with Crippen molar-refractivity contribution in [3.63, 3.8) is 0 Å². The summed E-state index contributed by atoms with van der Waals surface area (Å²) in [6, 6.07) is 0.583. The third kappa shape index (κ3) is 2.80. The van der Waals surface area contributed by atoms with Gasteiger partial charge in [-0.15, -0.1) is 0 Å². The number of halogens is 4. The molecular formula is C8H6ClF3N4O2. The van der Waals surface area contributed by atoms with Crippen LogP contribution in [0.25, 0.3) is 0 Å². The largest absolute Gasteiger partial charge is 0.417 e. The molecule has 0 aliphatic heterocycles. The summed E-state index contributed by atoms with van der Waals surface area (Å²) in [6.45, 7) is 0. The number of hydrogen-bond acceptors (Lipinski definition) is 5. The minimum Gasteiger partial charge on any atom is -0.410 e. The molecule has 1 rings (SSSR count). The first-order valence-electron chi connectivity index (χ1n) is 4.24. The minimum atomic E-state index is -4.61. The Kier molecular flexibility index (Phi) is 3.96. The van der Waals surface area contributed by atoms with Crippen LogP contribution in [-0.2, 0) is 6.18 Å². The van der Waals surface area contributed by atoms with Crippen molar-refractivity contribution in [3.05, 3.63) is 28.5 Å². The lowest BCUT2D eigenvalue weighted by molar-refractivity contribution is -0.137. The highest BCUT2D eigenvalue weighted by Gasteiger charge is 2.32. The van der Waals surface area contributed by atoms with Gasteiger partial charge in [-0.1, -0.05) is 21.9 Å². The summed E-state index contributed by atoms with van der Waals surface area (Å²) in [5.41, 5.74) is 3.17. The van der Waals surface area contributed by atoms with Gasteiger partial charge < -0.3 is 16.1 Å². The molecule has 98 valence electrons. The van der Waals surface area contributed by atoms with Gasteiger partial charge in [0.25, 0.3) is 0 Å². The molecule has 0 aromatic carbocycles. The summed E-state index contributed by atoms with van der Waals surface area (Å²) in [5, 5.41) is 21.8. The molecule has 0 saturated heterocycles. The number of hydrogen-bond donors (Lipinski definition) is 3. The summed E-state index contributed by atoms with van der Waals surface area (Å²) in [7, 11) is 0. The molecule has 0 bridgehead atoms. The number of nitrogens with two attached hydrogens (primary N) is 1. The zero-order valence-electron chi connectivity index (χ0n) is 8.48. The van der Waals surface area contributed by atoms with Crippen LogP contribution in [0.2, 0.25) is 5.02 Å². The summed E-state index contributed by atoms with van der Waals surface area (Å²) in [6.07, 6.45) is -4.13. The molecule has 0 amide bonds. The standard InChI is InChI=1S/C8H6ClF3N4O2/c9-4-1-3(8(10,11)12)2-14-5(4)6(15-17)7(13)16-18/h1-2,17-18H,(H2,13,16)/b15-6+. The molecule has 0 radical (unpaired) electrons. The van der Waals surface area contributed by atoms with E-state index in [-0.39, 0.29) is 5.69 Å². The first kappa shape index (κ1) is 14.0. The third-order valence-corrected chi connectivity index (χ3v) is 2.13. The maximum Gasteiger partial charge on any atom is 0.417 e. The van der Waals surface area contributed by atoms with Gasteiger partial charge in [-0.3, -0.25) is 4.98 Å². The third-order valence-electron chi connectivity index (χ3n) is 1.84. The van der Waals surface area contributed by atoms with E-state index in [9.17, 15) is 13.2 Å². The van der Waals surface area contributed by atoms with Crippen LogP contribution in [0, 0.1) is 0 Å². The Bertz CT molecular complexity index is 516. The molecule has 18 heavy (non-hydrogen) atoms. The molecule has 10 heteroatoms. The molecule has 0 unspecified atom stereocenters. The number of pyridine rings is 1. The second kappa shape index (κ2) is 5.08. The SMILES string of the molecule is NC(=NO)/C(=N/O)c1ncc(C(F)(F)F)cc1Cl. The Morgan fingerprint density at radius 1 is 1.33 bits per heavy atom. The maximum atomic E-state index is 12.3. The average Bonchev–Trinajstić information content (AvgIpc) is 2.30. The van der Waals surface area contributed by atoms with Crippen LogP contribution in [0.15, 0.2) is 22.6 Å². The van der Waals surface area contributed by atoms with E-state index in [0.29, 0.717) is 12.3 Å². The van der Waals surface area contributed by atoms with E-state index >= 15 is 0 Å². The fraction of sp³-hybridized carbons (Fsp3) is 0.125. The summed E-state index contributed by atoms with van der Waals surface area (Å²) in [4.78, 5) is 3.37. The van der Waals surface area contributed by atoms with Gasteiger partial charge in [0, 0.05) is 6.20 Å².